The highest BCUT2D eigenvalue weighted by molar-refractivity contribution is 5.79. The fraction of sp³-hybridized carbons (Fsp3) is 0.917. The third-order valence-corrected chi connectivity index (χ3v) is 4.12. The zero-order valence-electron chi connectivity index (χ0n) is 9.17. The van der Waals surface area contributed by atoms with E-state index in [0.717, 1.165) is 37.4 Å². The van der Waals surface area contributed by atoms with Gasteiger partial charge in [-0.3, -0.25) is 4.79 Å². The van der Waals surface area contributed by atoms with E-state index in [4.69, 9.17) is 0 Å². The Labute approximate surface area is 91.0 Å². The number of hydrogen-bond acceptors (Lipinski definition) is 2. The highest BCUT2D eigenvalue weighted by Gasteiger charge is 2.41. The largest absolute Gasteiger partial charge is 0.355 e. The molecular weight excluding hydrogens is 188 g/mol. The molecule has 1 saturated heterocycles. The standard InChI is InChI=1S/C12H20N2O/c15-12(10-5-13-6-10)14-7-11(8-1-2-8)9-3-4-9/h8-11,13H,1-7H2,(H,14,15). The molecule has 3 heteroatoms. The van der Waals surface area contributed by atoms with E-state index in [-0.39, 0.29) is 11.8 Å². The van der Waals surface area contributed by atoms with Crippen molar-refractivity contribution in [2.75, 3.05) is 19.6 Å². The van der Waals surface area contributed by atoms with Gasteiger partial charge in [-0.1, -0.05) is 0 Å². The van der Waals surface area contributed by atoms with Crippen LogP contribution in [-0.2, 0) is 4.79 Å². The highest BCUT2D eigenvalue weighted by Crippen LogP contribution is 2.48. The molecule has 2 aliphatic carbocycles. The maximum atomic E-state index is 11.7. The van der Waals surface area contributed by atoms with Crippen LogP contribution in [0.15, 0.2) is 0 Å². The van der Waals surface area contributed by atoms with Crippen LogP contribution >= 0.6 is 0 Å². The number of carbonyl (C=O) groups is 1. The first-order chi connectivity index (χ1) is 7.34. The van der Waals surface area contributed by atoms with E-state index in [1.54, 1.807) is 0 Å². The molecule has 0 radical (unpaired) electrons. The summed E-state index contributed by atoms with van der Waals surface area (Å²) in [7, 11) is 0. The Morgan fingerprint density at radius 2 is 1.80 bits per heavy atom. The van der Waals surface area contributed by atoms with Crippen LogP contribution in [0.2, 0.25) is 0 Å². The molecule has 84 valence electrons. The van der Waals surface area contributed by atoms with Crippen LogP contribution in [0.4, 0.5) is 0 Å². The summed E-state index contributed by atoms with van der Waals surface area (Å²) in [6, 6.07) is 0. The fourth-order valence-electron chi connectivity index (χ4n) is 2.60. The first kappa shape index (κ1) is 9.64. The van der Waals surface area contributed by atoms with Crippen LogP contribution in [-0.4, -0.2) is 25.5 Å². The molecule has 2 saturated carbocycles. The van der Waals surface area contributed by atoms with Crippen LogP contribution in [0, 0.1) is 23.7 Å². The molecule has 0 bridgehead atoms. The Morgan fingerprint density at radius 3 is 2.20 bits per heavy atom. The van der Waals surface area contributed by atoms with Crippen molar-refractivity contribution in [1.82, 2.24) is 10.6 Å². The molecular formula is C12H20N2O. The molecule has 2 N–H and O–H groups in total. The summed E-state index contributed by atoms with van der Waals surface area (Å²) in [6.07, 6.45) is 5.62. The Balaban J connectivity index is 1.44. The first-order valence-electron chi connectivity index (χ1n) is 6.33. The van der Waals surface area contributed by atoms with E-state index in [2.05, 4.69) is 10.6 Å². The minimum atomic E-state index is 0.254. The molecule has 1 aliphatic heterocycles. The summed E-state index contributed by atoms with van der Waals surface area (Å²) in [5, 5.41) is 6.29. The van der Waals surface area contributed by atoms with Crippen molar-refractivity contribution in [3.63, 3.8) is 0 Å². The lowest BCUT2D eigenvalue weighted by Crippen LogP contribution is -2.51. The number of carbonyl (C=O) groups excluding carboxylic acids is 1. The average Bonchev–Trinajstić information content (AvgIpc) is 2.97. The maximum Gasteiger partial charge on any atom is 0.225 e. The minimum absolute atomic E-state index is 0.254. The summed E-state index contributed by atoms with van der Waals surface area (Å²) in [5.41, 5.74) is 0. The van der Waals surface area contributed by atoms with Gasteiger partial charge < -0.3 is 10.6 Å². The monoisotopic (exact) mass is 208 g/mol. The predicted octanol–water partition coefficient (Wildman–Crippen LogP) is 0.758. The van der Waals surface area contributed by atoms with Crippen molar-refractivity contribution in [2.24, 2.45) is 23.7 Å². The van der Waals surface area contributed by atoms with Gasteiger partial charge in [0, 0.05) is 19.6 Å². The van der Waals surface area contributed by atoms with Gasteiger partial charge >= 0.3 is 0 Å². The van der Waals surface area contributed by atoms with Crippen molar-refractivity contribution in [3.8, 4) is 0 Å². The van der Waals surface area contributed by atoms with Gasteiger partial charge in [0.05, 0.1) is 5.92 Å². The molecule has 1 amide bonds. The van der Waals surface area contributed by atoms with E-state index in [0.29, 0.717) is 0 Å². The van der Waals surface area contributed by atoms with Crippen LogP contribution in [0.25, 0.3) is 0 Å². The molecule has 3 rings (SSSR count). The Kier molecular flexibility index (Phi) is 2.43. The van der Waals surface area contributed by atoms with E-state index >= 15 is 0 Å². The predicted molar refractivity (Wildman–Crippen MR) is 58.3 cm³/mol. The molecule has 0 aromatic rings. The van der Waals surface area contributed by atoms with E-state index in [9.17, 15) is 4.79 Å². The third kappa shape index (κ3) is 2.17. The molecule has 0 unspecified atom stereocenters. The summed E-state index contributed by atoms with van der Waals surface area (Å²) in [6.45, 7) is 2.71. The van der Waals surface area contributed by atoms with Gasteiger partial charge in [0.15, 0.2) is 0 Å². The summed E-state index contributed by atoms with van der Waals surface area (Å²) in [4.78, 5) is 11.7. The van der Waals surface area contributed by atoms with Crippen molar-refractivity contribution >= 4 is 5.91 Å². The average molecular weight is 208 g/mol. The Hall–Kier alpha value is -0.570. The van der Waals surface area contributed by atoms with Crippen LogP contribution < -0.4 is 10.6 Å². The smallest absolute Gasteiger partial charge is 0.225 e. The van der Waals surface area contributed by atoms with Gasteiger partial charge in [0.25, 0.3) is 0 Å². The number of nitrogens with one attached hydrogen (secondary N) is 2. The van der Waals surface area contributed by atoms with Crippen molar-refractivity contribution < 1.29 is 4.79 Å². The molecule has 0 atom stereocenters. The second-order valence-electron chi connectivity index (χ2n) is 5.44. The Morgan fingerprint density at radius 1 is 1.20 bits per heavy atom. The van der Waals surface area contributed by atoms with Gasteiger partial charge in [0.1, 0.15) is 0 Å². The van der Waals surface area contributed by atoms with E-state index in [1.807, 2.05) is 0 Å². The molecule has 3 fully saturated rings. The van der Waals surface area contributed by atoms with Crippen LogP contribution in [0.3, 0.4) is 0 Å². The Bertz CT molecular complexity index is 242. The van der Waals surface area contributed by atoms with Gasteiger partial charge in [0.2, 0.25) is 5.91 Å². The topological polar surface area (TPSA) is 41.1 Å². The summed E-state index contributed by atoms with van der Waals surface area (Å²) >= 11 is 0. The van der Waals surface area contributed by atoms with Crippen molar-refractivity contribution in [3.05, 3.63) is 0 Å². The van der Waals surface area contributed by atoms with Crippen LogP contribution in [0.5, 0.6) is 0 Å². The van der Waals surface area contributed by atoms with Gasteiger partial charge in [-0.2, -0.15) is 0 Å². The van der Waals surface area contributed by atoms with E-state index < -0.39 is 0 Å². The number of rotatable bonds is 5. The lowest BCUT2D eigenvalue weighted by molar-refractivity contribution is -0.126. The minimum Gasteiger partial charge on any atom is -0.355 e. The number of hydrogen-bond donors (Lipinski definition) is 2. The highest BCUT2D eigenvalue weighted by atomic mass is 16.2. The zero-order chi connectivity index (χ0) is 10.3. The summed E-state index contributed by atoms with van der Waals surface area (Å²) < 4.78 is 0. The zero-order valence-corrected chi connectivity index (χ0v) is 9.17. The third-order valence-electron chi connectivity index (χ3n) is 4.12. The molecule has 3 nitrogen and oxygen atoms in total. The van der Waals surface area contributed by atoms with Gasteiger partial charge in [-0.25, -0.2) is 0 Å². The normalized spacial score (nSPS) is 26.5. The molecule has 0 aromatic heterocycles. The first-order valence-corrected chi connectivity index (χ1v) is 6.33. The molecule has 0 aromatic carbocycles. The molecule has 3 aliphatic rings. The summed E-state index contributed by atoms with van der Waals surface area (Å²) in [5.74, 6) is 3.22. The van der Waals surface area contributed by atoms with Crippen molar-refractivity contribution in [1.29, 1.82) is 0 Å². The molecule has 0 spiro atoms. The SMILES string of the molecule is O=C(NCC(C1CC1)C1CC1)C1CNC1. The molecule has 1 heterocycles. The van der Waals surface area contributed by atoms with Crippen LogP contribution in [0.1, 0.15) is 25.7 Å². The second kappa shape index (κ2) is 3.78. The maximum absolute atomic E-state index is 11.7. The molecule has 15 heavy (non-hydrogen) atoms. The second-order valence-corrected chi connectivity index (χ2v) is 5.44. The van der Waals surface area contributed by atoms with Crippen molar-refractivity contribution in [2.45, 2.75) is 25.7 Å². The van der Waals surface area contributed by atoms with E-state index in [1.165, 1.54) is 25.7 Å². The van der Waals surface area contributed by atoms with Gasteiger partial charge in [-0.15, -0.1) is 0 Å². The lowest BCUT2D eigenvalue weighted by atomic mass is 9.97. The quantitative estimate of drug-likeness (QED) is 0.700. The number of amides is 1. The fourth-order valence-corrected chi connectivity index (χ4v) is 2.60. The van der Waals surface area contributed by atoms with Gasteiger partial charge in [-0.05, 0) is 43.4 Å². The lowest BCUT2D eigenvalue weighted by Gasteiger charge is -2.27.